The Bertz CT molecular complexity index is 457. The van der Waals surface area contributed by atoms with Crippen molar-refractivity contribution >= 4 is 17.2 Å². The molecule has 2 rings (SSSR count). The van der Waals surface area contributed by atoms with E-state index in [1.165, 1.54) is 11.3 Å². The molecule has 6 heteroatoms. The molecule has 0 spiro atoms. The van der Waals surface area contributed by atoms with Gasteiger partial charge in [-0.3, -0.25) is 4.79 Å². The number of hydrogen-bond donors (Lipinski definition) is 2. The molecule has 5 nitrogen and oxygen atoms in total. The SMILES string of the molecule is CCC(C)(CCO)NC(=O)c1cnc(C2CCCO2)s1. The smallest absolute Gasteiger partial charge is 0.263 e. The Labute approximate surface area is 123 Å². The van der Waals surface area contributed by atoms with Gasteiger partial charge in [0, 0.05) is 18.8 Å². The van der Waals surface area contributed by atoms with Gasteiger partial charge in [-0.05, 0) is 32.6 Å². The number of nitrogens with zero attached hydrogens (tertiary/aromatic N) is 1. The fraction of sp³-hybridized carbons (Fsp3) is 0.714. The standard InChI is InChI=1S/C14H22N2O3S/c1-3-14(2,6-7-17)16-12(18)11-9-15-13(20-11)10-5-4-8-19-10/h9-10,17H,3-8H2,1-2H3,(H,16,18). The maximum atomic E-state index is 12.3. The minimum Gasteiger partial charge on any atom is -0.396 e. The average Bonchev–Trinajstić information content (AvgIpc) is 3.09. The minimum atomic E-state index is -0.375. The molecule has 112 valence electrons. The lowest BCUT2D eigenvalue weighted by Gasteiger charge is -2.28. The predicted molar refractivity (Wildman–Crippen MR) is 77.9 cm³/mol. The summed E-state index contributed by atoms with van der Waals surface area (Å²) in [5.74, 6) is -0.121. The fourth-order valence-electron chi connectivity index (χ4n) is 2.22. The molecular weight excluding hydrogens is 276 g/mol. The van der Waals surface area contributed by atoms with E-state index >= 15 is 0 Å². The quantitative estimate of drug-likeness (QED) is 0.845. The Kier molecular flexibility index (Phi) is 5.12. The van der Waals surface area contributed by atoms with Crippen molar-refractivity contribution in [1.82, 2.24) is 10.3 Å². The molecule has 2 atom stereocenters. The second-order valence-corrected chi connectivity index (χ2v) is 6.47. The normalized spacial score (nSPS) is 21.6. The second-order valence-electron chi connectivity index (χ2n) is 5.41. The summed E-state index contributed by atoms with van der Waals surface area (Å²) >= 11 is 1.40. The van der Waals surface area contributed by atoms with Crippen LogP contribution in [0.5, 0.6) is 0 Å². The topological polar surface area (TPSA) is 71.5 Å². The summed E-state index contributed by atoms with van der Waals surface area (Å²) in [7, 11) is 0. The van der Waals surface area contributed by atoms with Gasteiger partial charge < -0.3 is 15.2 Å². The molecule has 0 aliphatic carbocycles. The first-order valence-corrected chi connectivity index (χ1v) is 7.90. The van der Waals surface area contributed by atoms with Gasteiger partial charge in [0.15, 0.2) is 0 Å². The third kappa shape index (κ3) is 3.56. The van der Waals surface area contributed by atoms with Gasteiger partial charge in [0.2, 0.25) is 0 Å². The fourth-order valence-corrected chi connectivity index (χ4v) is 3.12. The number of amides is 1. The lowest BCUT2D eigenvalue weighted by atomic mass is 9.95. The van der Waals surface area contributed by atoms with Crippen LogP contribution in [0.2, 0.25) is 0 Å². The number of carbonyl (C=O) groups excluding carboxylic acids is 1. The van der Waals surface area contributed by atoms with E-state index in [1.54, 1.807) is 6.20 Å². The minimum absolute atomic E-state index is 0.0524. The summed E-state index contributed by atoms with van der Waals surface area (Å²) in [5.41, 5.74) is -0.375. The zero-order valence-corrected chi connectivity index (χ0v) is 12.8. The van der Waals surface area contributed by atoms with Crippen LogP contribution >= 0.6 is 11.3 Å². The highest BCUT2D eigenvalue weighted by molar-refractivity contribution is 7.13. The van der Waals surface area contributed by atoms with Gasteiger partial charge in [0.1, 0.15) is 16.0 Å². The predicted octanol–water partition coefficient (Wildman–Crippen LogP) is 2.28. The van der Waals surface area contributed by atoms with Crippen LogP contribution < -0.4 is 5.32 Å². The lowest BCUT2D eigenvalue weighted by Crippen LogP contribution is -2.45. The van der Waals surface area contributed by atoms with Gasteiger partial charge in [0.25, 0.3) is 5.91 Å². The van der Waals surface area contributed by atoms with Gasteiger partial charge in [-0.1, -0.05) is 6.92 Å². The number of rotatable bonds is 6. The van der Waals surface area contributed by atoms with Crippen molar-refractivity contribution in [2.75, 3.05) is 13.2 Å². The molecule has 2 unspecified atom stereocenters. The molecule has 1 saturated heterocycles. The largest absolute Gasteiger partial charge is 0.396 e. The molecule has 1 amide bonds. The van der Waals surface area contributed by atoms with Crippen molar-refractivity contribution in [3.63, 3.8) is 0 Å². The number of aliphatic hydroxyl groups is 1. The van der Waals surface area contributed by atoms with Crippen LogP contribution in [0, 0.1) is 0 Å². The second kappa shape index (κ2) is 6.65. The van der Waals surface area contributed by atoms with E-state index in [0.717, 1.165) is 30.9 Å². The first-order chi connectivity index (χ1) is 9.58. The first kappa shape index (κ1) is 15.4. The van der Waals surface area contributed by atoms with Crippen LogP contribution in [0.15, 0.2) is 6.20 Å². The number of carbonyl (C=O) groups is 1. The Morgan fingerprint density at radius 2 is 2.50 bits per heavy atom. The van der Waals surface area contributed by atoms with Crippen LogP contribution in [0.3, 0.4) is 0 Å². The van der Waals surface area contributed by atoms with Crippen LogP contribution in [0.1, 0.15) is 60.3 Å². The van der Waals surface area contributed by atoms with Crippen molar-refractivity contribution in [2.45, 2.75) is 51.2 Å². The maximum Gasteiger partial charge on any atom is 0.263 e. The zero-order valence-electron chi connectivity index (χ0n) is 12.0. The molecular formula is C14H22N2O3S. The number of aromatic nitrogens is 1. The number of hydrogen-bond acceptors (Lipinski definition) is 5. The highest BCUT2D eigenvalue weighted by atomic mass is 32.1. The average molecular weight is 298 g/mol. The molecule has 0 aromatic carbocycles. The van der Waals surface area contributed by atoms with Crippen molar-refractivity contribution in [3.05, 3.63) is 16.1 Å². The van der Waals surface area contributed by atoms with Crippen LogP contribution in [-0.4, -0.2) is 34.8 Å². The summed E-state index contributed by atoms with van der Waals surface area (Å²) in [6.07, 6.45) is 5.02. The first-order valence-electron chi connectivity index (χ1n) is 7.08. The Morgan fingerprint density at radius 3 is 3.10 bits per heavy atom. The van der Waals surface area contributed by atoms with E-state index in [-0.39, 0.29) is 24.2 Å². The van der Waals surface area contributed by atoms with E-state index in [1.807, 2.05) is 13.8 Å². The van der Waals surface area contributed by atoms with Gasteiger partial charge >= 0.3 is 0 Å². The third-order valence-electron chi connectivity index (χ3n) is 3.81. The van der Waals surface area contributed by atoms with E-state index in [2.05, 4.69) is 10.3 Å². The Morgan fingerprint density at radius 1 is 1.70 bits per heavy atom. The number of nitrogens with one attached hydrogen (secondary N) is 1. The summed E-state index contributed by atoms with van der Waals surface area (Å²) in [6, 6.07) is 0. The van der Waals surface area contributed by atoms with Gasteiger partial charge in [-0.2, -0.15) is 0 Å². The molecule has 1 aliphatic heterocycles. The van der Waals surface area contributed by atoms with E-state index in [9.17, 15) is 4.79 Å². The molecule has 20 heavy (non-hydrogen) atoms. The highest BCUT2D eigenvalue weighted by Gasteiger charge is 2.27. The summed E-state index contributed by atoms with van der Waals surface area (Å²) < 4.78 is 5.58. The van der Waals surface area contributed by atoms with Crippen molar-refractivity contribution in [1.29, 1.82) is 0 Å². The number of thiazole rings is 1. The van der Waals surface area contributed by atoms with Gasteiger partial charge in [-0.25, -0.2) is 4.98 Å². The lowest BCUT2D eigenvalue weighted by molar-refractivity contribution is 0.0890. The molecule has 1 aromatic heterocycles. The summed E-state index contributed by atoms with van der Waals surface area (Å²) in [5, 5.41) is 13.0. The molecule has 0 radical (unpaired) electrons. The van der Waals surface area contributed by atoms with E-state index < -0.39 is 0 Å². The zero-order chi connectivity index (χ0) is 14.6. The van der Waals surface area contributed by atoms with Crippen molar-refractivity contribution < 1.29 is 14.6 Å². The van der Waals surface area contributed by atoms with Gasteiger partial charge in [-0.15, -0.1) is 11.3 Å². The highest BCUT2D eigenvalue weighted by Crippen LogP contribution is 2.31. The number of ether oxygens (including phenoxy) is 1. The molecule has 1 aromatic rings. The molecule has 0 bridgehead atoms. The van der Waals surface area contributed by atoms with E-state index in [4.69, 9.17) is 9.84 Å². The van der Waals surface area contributed by atoms with Crippen molar-refractivity contribution in [3.8, 4) is 0 Å². The summed E-state index contributed by atoms with van der Waals surface area (Å²) in [6.45, 7) is 4.79. The molecule has 0 saturated carbocycles. The Balaban J connectivity index is 2.02. The van der Waals surface area contributed by atoms with Crippen LogP contribution in [0.4, 0.5) is 0 Å². The molecule has 2 N–H and O–H groups in total. The van der Waals surface area contributed by atoms with Gasteiger partial charge in [0.05, 0.1) is 6.20 Å². The van der Waals surface area contributed by atoms with Crippen LogP contribution in [0.25, 0.3) is 0 Å². The van der Waals surface area contributed by atoms with Crippen molar-refractivity contribution in [2.24, 2.45) is 0 Å². The maximum absolute atomic E-state index is 12.3. The number of aliphatic hydroxyl groups excluding tert-OH is 1. The molecule has 1 fully saturated rings. The van der Waals surface area contributed by atoms with E-state index in [0.29, 0.717) is 11.3 Å². The monoisotopic (exact) mass is 298 g/mol. The third-order valence-corrected chi connectivity index (χ3v) is 4.90. The molecule has 2 heterocycles. The Hall–Kier alpha value is -0.980. The summed E-state index contributed by atoms with van der Waals surface area (Å²) in [4.78, 5) is 17.2. The molecule has 1 aliphatic rings. The van der Waals surface area contributed by atoms with Crippen LogP contribution in [-0.2, 0) is 4.74 Å².